The summed E-state index contributed by atoms with van der Waals surface area (Å²) >= 11 is 0. The van der Waals surface area contributed by atoms with Crippen LogP contribution in [0.15, 0.2) is 34.7 Å². The molecular weight excluding hydrogens is 228 g/mol. The molecular formula is C15H16O3. The maximum atomic E-state index is 9.62. The molecule has 1 N–H and O–H groups in total. The zero-order valence-corrected chi connectivity index (χ0v) is 10.6. The zero-order chi connectivity index (χ0) is 12.8. The van der Waals surface area contributed by atoms with Crippen molar-refractivity contribution in [1.82, 2.24) is 0 Å². The maximum absolute atomic E-state index is 9.62. The Morgan fingerprint density at radius 3 is 2.39 bits per heavy atom. The summed E-state index contributed by atoms with van der Waals surface area (Å²) in [5.41, 5.74) is 1.83. The molecule has 0 amide bonds. The van der Waals surface area contributed by atoms with Crippen LogP contribution in [0.4, 0.5) is 0 Å². The molecule has 2 heterocycles. The highest BCUT2D eigenvalue weighted by molar-refractivity contribution is 5.44. The Morgan fingerprint density at radius 1 is 1.11 bits per heavy atom. The van der Waals surface area contributed by atoms with E-state index in [2.05, 4.69) is 0 Å². The number of aryl methyl sites for hydroxylation is 2. The van der Waals surface area contributed by atoms with Crippen LogP contribution in [-0.2, 0) is 10.2 Å². The van der Waals surface area contributed by atoms with Gasteiger partial charge in [0.05, 0.1) is 18.6 Å². The number of hydrogen-bond donors (Lipinski definition) is 1. The highest BCUT2D eigenvalue weighted by atomic mass is 16.5. The van der Waals surface area contributed by atoms with Gasteiger partial charge in [-0.3, -0.25) is 0 Å². The van der Waals surface area contributed by atoms with Gasteiger partial charge in [0.2, 0.25) is 0 Å². The maximum Gasteiger partial charge on any atom is 0.119 e. The van der Waals surface area contributed by atoms with Crippen LogP contribution in [0.5, 0.6) is 5.75 Å². The van der Waals surface area contributed by atoms with Crippen molar-refractivity contribution in [3.05, 3.63) is 53.0 Å². The average Bonchev–Trinajstić information content (AvgIpc) is 2.69. The number of furan rings is 1. The first-order chi connectivity index (χ1) is 8.62. The molecule has 18 heavy (non-hydrogen) atoms. The zero-order valence-electron chi connectivity index (χ0n) is 10.6. The highest BCUT2D eigenvalue weighted by Gasteiger charge is 2.45. The lowest BCUT2D eigenvalue weighted by atomic mass is 9.76. The Balaban J connectivity index is 2.08. The van der Waals surface area contributed by atoms with E-state index in [0.717, 1.165) is 22.6 Å². The molecule has 0 saturated carbocycles. The first-order valence-corrected chi connectivity index (χ1v) is 6.07. The Kier molecular flexibility index (Phi) is 2.45. The molecule has 2 aromatic rings. The summed E-state index contributed by atoms with van der Waals surface area (Å²) in [6.45, 7) is 5.10. The number of phenolic OH excluding ortho intramolecular Hbond substituents is 1. The Hall–Kier alpha value is -1.74. The van der Waals surface area contributed by atoms with Crippen molar-refractivity contribution in [2.75, 3.05) is 13.2 Å². The van der Waals surface area contributed by atoms with E-state index in [1.165, 1.54) is 0 Å². The standard InChI is InChI=1S/C15H16O3/c1-10-7-12(4-5-13(10)16)15(8-17-9-15)14-6-3-11(2)18-14/h3-7,16H,8-9H2,1-2H3. The minimum atomic E-state index is -0.188. The Labute approximate surface area is 106 Å². The average molecular weight is 244 g/mol. The lowest BCUT2D eigenvalue weighted by Crippen LogP contribution is -2.47. The molecule has 3 rings (SSSR count). The Bertz CT molecular complexity index is 579. The van der Waals surface area contributed by atoms with Gasteiger partial charge in [-0.15, -0.1) is 0 Å². The number of ether oxygens (including phenoxy) is 1. The minimum Gasteiger partial charge on any atom is -0.508 e. The smallest absolute Gasteiger partial charge is 0.119 e. The quantitative estimate of drug-likeness (QED) is 0.883. The monoisotopic (exact) mass is 244 g/mol. The topological polar surface area (TPSA) is 42.6 Å². The van der Waals surface area contributed by atoms with Gasteiger partial charge in [-0.2, -0.15) is 0 Å². The fourth-order valence-electron chi connectivity index (χ4n) is 2.40. The van der Waals surface area contributed by atoms with E-state index in [0.29, 0.717) is 19.0 Å². The first-order valence-electron chi connectivity index (χ1n) is 6.07. The summed E-state index contributed by atoms with van der Waals surface area (Å²) in [5, 5.41) is 9.62. The molecule has 3 nitrogen and oxygen atoms in total. The number of benzene rings is 1. The summed E-state index contributed by atoms with van der Waals surface area (Å²) in [7, 11) is 0. The van der Waals surface area contributed by atoms with Crippen molar-refractivity contribution in [3.63, 3.8) is 0 Å². The molecule has 1 aromatic carbocycles. The molecule has 0 atom stereocenters. The van der Waals surface area contributed by atoms with E-state index in [1.54, 1.807) is 6.07 Å². The lowest BCUT2D eigenvalue weighted by Gasteiger charge is -2.40. The van der Waals surface area contributed by atoms with Crippen LogP contribution in [0.3, 0.4) is 0 Å². The van der Waals surface area contributed by atoms with Gasteiger partial charge in [-0.05, 0) is 43.2 Å². The van der Waals surface area contributed by atoms with E-state index in [1.807, 2.05) is 38.1 Å². The fraction of sp³-hybridized carbons (Fsp3) is 0.333. The SMILES string of the molecule is Cc1ccc(C2(c3ccc(O)c(C)c3)COC2)o1. The van der Waals surface area contributed by atoms with Crippen molar-refractivity contribution in [3.8, 4) is 5.75 Å². The van der Waals surface area contributed by atoms with Gasteiger partial charge in [0.25, 0.3) is 0 Å². The largest absolute Gasteiger partial charge is 0.508 e. The van der Waals surface area contributed by atoms with Crippen LogP contribution in [0, 0.1) is 13.8 Å². The highest BCUT2D eigenvalue weighted by Crippen LogP contribution is 2.41. The normalized spacial score (nSPS) is 17.4. The summed E-state index contributed by atoms with van der Waals surface area (Å²) in [6, 6.07) is 9.68. The fourth-order valence-corrected chi connectivity index (χ4v) is 2.40. The van der Waals surface area contributed by atoms with E-state index < -0.39 is 0 Å². The van der Waals surface area contributed by atoms with Crippen LogP contribution < -0.4 is 0 Å². The summed E-state index contributed by atoms with van der Waals surface area (Å²) in [5.74, 6) is 2.17. The molecule has 0 radical (unpaired) electrons. The van der Waals surface area contributed by atoms with Crippen LogP contribution in [-0.4, -0.2) is 18.3 Å². The van der Waals surface area contributed by atoms with Crippen molar-refractivity contribution < 1.29 is 14.3 Å². The molecule has 94 valence electrons. The molecule has 3 heteroatoms. The van der Waals surface area contributed by atoms with Gasteiger partial charge >= 0.3 is 0 Å². The lowest BCUT2D eigenvalue weighted by molar-refractivity contribution is -0.0479. The van der Waals surface area contributed by atoms with E-state index >= 15 is 0 Å². The van der Waals surface area contributed by atoms with Gasteiger partial charge in [0, 0.05) is 0 Å². The molecule has 1 aromatic heterocycles. The molecule has 1 aliphatic rings. The van der Waals surface area contributed by atoms with Crippen molar-refractivity contribution in [2.24, 2.45) is 0 Å². The minimum absolute atomic E-state index is 0.188. The third-order valence-corrected chi connectivity index (χ3v) is 3.66. The van der Waals surface area contributed by atoms with Crippen molar-refractivity contribution >= 4 is 0 Å². The number of phenols is 1. The van der Waals surface area contributed by atoms with Crippen molar-refractivity contribution in [2.45, 2.75) is 19.3 Å². The second-order valence-corrected chi connectivity index (χ2v) is 4.99. The van der Waals surface area contributed by atoms with Gasteiger partial charge in [0.1, 0.15) is 17.3 Å². The Morgan fingerprint density at radius 2 is 1.89 bits per heavy atom. The van der Waals surface area contributed by atoms with Gasteiger partial charge in [-0.25, -0.2) is 0 Å². The molecule has 1 fully saturated rings. The second kappa shape index (κ2) is 3.89. The second-order valence-electron chi connectivity index (χ2n) is 4.99. The molecule has 0 aliphatic carbocycles. The van der Waals surface area contributed by atoms with E-state index in [9.17, 15) is 5.11 Å². The molecule has 1 saturated heterocycles. The van der Waals surface area contributed by atoms with Crippen molar-refractivity contribution in [1.29, 1.82) is 0 Å². The molecule has 1 aliphatic heterocycles. The predicted octanol–water partition coefficient (Wildman–Crippen LogP) is 2.92. The summed E-state index contributed by atoms with van der Waals surface area (Å²) < 4.78 is 11.2. The van der Waals surface area contributed by atoms with Crippen LogP contribution >= 0.6 is 0 Å². The first kappa shape index (κ1) is 11.4. The van der Waals surface area contributed by atoms with Gasteiger partial charge < -0.3 is 14.3 Å². The molecule has 0 spiro atoms. The predicted molar refractivity (Wildman–Crippen MR) is 67.9 cm³/mol. The van der Waals surface area contributed by atoms with Crippen LogP contribution in [0.1, 0.15) is 22.6 Å². The van der Waals surface area contributed by atoms with E-state index in [-0.39, 0.29) is 5.41 Å². The molecule has 0 unspecified atom stereocenters. The van der Waals surface area contributed by atoms with Crippen LogP contribution in [0.25, 0.3) is 0 Å². The number of hydrogen-bond acceptors (Lipinski definition) is 3. The van der Waals surface area contributed by atoms with Crippen LogP contribution in [0.2, 0.25) is 0 Å². The third kappa shape index (κ3) is 1.55. The molecule has 0 bridgehead atoms. The van der Waals surface area contributed by atoms with Gasteiger partial charge in [-0.1, -0.05) is 12.1 Å². The third-order valence-electron chi connectivity index (χ3n) is 3.66. The number of aromatic hydroxyl groups is 1. The van der Waals surface area contributed by atoms with E-state index in [4.69, 9.17) is 9.15 Å². The number of rotatable bonds is 2. The summed E-state index contributed by atoms with van der Waals surface area (Å²) in [4.78, 5) is 0. The summed E-state index contributed by atoms with van der Waals surface area (Å²) in [6.07, 6.45) is 0. The van der Waals surface area contributed by atoms with Gasteiger partial charge in [0.15, 0.2) is 0 Å².